The number of halogens is 1. The molecule has 2 aromatic rings. The Bertz CT molecular complexity index is 834. The number of unbranched alkanes of at least 4 members (excludes halogenated alkanes) is 1. The number of amides is 2. The highest BCUT2D eigenvalue weighted by Gasteiger charge is 2.30. The number of hydrogen-bond donors (Lipinski definition) is 2. The van der Waals surface area contributed by atoms with Crippen molar-refractivity contribution >= 4 is 29.2 Å². The van der Waals surface area contributed by atoms with Gasteiger partial charge in [0.2, 0.25) is 5.91 Å². The van der Waals surface area contributed by atoms with Gasteiger partial charge in [-0.2, -0.15) is 5.10 Å². The number of hydrogen-bond acceptors (Lipinski definition) is 4. The Labute approximate surface area is 156 Å². The molecular weight excluding hydrogens is 356 g/mol. The molecule has 1 unspecified atom stereocenters. The normalized spacial score (nSPS) is 16.1. The standard InChI is InChI=1S/C18H21ClN4O3/c1-2-3-6-23-18-13(9-21-23)12(8-17(25)22-18)11-4-5-15(14(19)7-11)26-10-16(20)24/h4-5,7,9,12H,2-3,6,8,10H2,1H3,(H2,20,24)(H,22,25). The Hall–Kier alpha value is -2.54. The Morgan fingerprint density at radius 2 is 2.31 bits per heavy atom. The van der Waals surface area contributed by atoms with Crippen LogP contribution in [0, 0.1) is 0 Å². The lowest BCUT2D eigenvalue weighted by molar-refractivity contribution is -0.120. The van der Waals surface area contributed by atoms with Gasteiger partial charge in [-0.15, -0.1) is 0 Å². The van der Waals surface area contributed by atoms with E-state index in [2.05, 4.69) is 17.3 Å². The van der Waals surface area contributed by atoms with E-state index in [9.17, 15) is 9.59 Å². The third-order valence-electron chi connectivity index (χ3n) is 4.34. The SMILES string of the molecule is CCCCn1ncc2c1NC(=O)CC2c1ccc(OCC(N)=O)c(Cl)c1. The largest absolute Gasteiger partial charge is 0.482 e. The zero-order valence-electron chi connectivity index (χ0n) is 14.5. The predicted molar refractivity (Wildman–Crippen MR) is 98.4 cm³/mol. The highest BCUT2D eigenvalue weighted by Crippen LogP contribution is 2.39. The highest BCUT2D eigenvalue weighted by molar-refractivity contribution is 6.32. The molecule has 3 rings (SSSR count). The van der Waals surface area contributed by atoms with E-state index in [1.807, 2.05) is 10.7 Å². The van der Waals surface area contributed by atoms with E-state index in [1.165, 1.54) is 0 Å². The third kappa shape index (κ3) is 3.83. The second-order valence-corrected chi connectivity index (χ2v) is 6.68. The first-order valence-corrected chi connectivity index (χ1v) is 8.93. The van der Waals surface area contributed by atoms with Crippen molar-refractivity contribution in [1.82, 2.24) is 9.78 Å². The van der Waals surface area contributed by atoms with E-state index in [-0.39, 0.29) is 18.4 Å². The van der Waals surface area contributed by atoms with Crippen LogP contribution in [-0.2, 0) is 16.1 Å². The van der Waals surface area contributed by atoms with Crippen molar-refractivity contribution in [2.75, 3.05) is 11.9 Å². The van der Waals surface area contributed by atoms with Gasteiger partial charge in [-0.25, -0.2) is 4.68 Å². The maximum absolute atomic E-state index is 12.2. The fourth-order valence-electron chi connectivity index (χ4n) is 3.04. The van der Waals surface area contributed by atoms with E-state index < -0.39 is 5.91 Å². The number of nitrogens with two attached hydrogens (primary N) is 1. The number of carbonyl (C=O) groups is 2. The second kappa shape index (κ2) is 7.78. The molecule has 0 saturated carbocycles. The minimum Gasteiger partial charge on any atom is -0.482 e. The summed E-state index contributed by atoms with van der Waals surface area (Å²) in [6, 6.07) is 5.29. The molecule has 138 valence electrons. The van der Waals surface area contributed by atoms with Crippen LogP contribution in [0.25, 0.3) is 0 Å². The highest BCUT2D eigenvalue weighted by atomic mass is 35.5. The van der Waals surface area contributed by atoms with Crippen molar-refractivity contribution in [2.45, 2.75) is 38.6 Å². The van der Waals surface area contributed by atoms with Gasteiger partial charge in [0.05, 0.1) is 11.2 Å². The lowest BCUT2D eigenvalue weighted by Gasteiger charge is -2.24. The zero-order valence-corrected chi connectivity index (χ0v) is 15.3. The molecule has 1 aliphatic heterocycles. The monoisotopic (exact) mass is 376 g/mol. The second-order valence-electron chi connectivity index (χ2n) is 6.27. The number of fused-ring (bicyclic) bond motifs is 1. The molecule has 2 heterocycles. The number of anilines is 1. The molecule has 0 bridgehead atoms. The molecule has 0 aliphatic carbocycles. The smallest absolute Gasteiger partial charge is 0.255 e. The van der Waals surface area contributed by atoms with Crippen molar-refractivity contribution in [3.63, 3.8) is 0 Å². The molecule has 0 spiro atoms. The molecule has 8 heteroatoms. The summed E-state index contributed by atoms with van der Waals surface area (Å²) in [5.41, 5.74) is 6.95. The average molecular weight is 377 g/mol. The number of aromatic nitrogens is 2. The maximum Gasteiger partial charge on any atom is 0.255 e. The maximum atomic E-state index is 12.2. The molecule has 0 fully saturated rings. The van der Waals surface area contributed by atoms with Crippen LogP contribution in [0.1, 0.15) is 43.2 Å². The van der Waals surface area contributed by atoms with Crippen molar-refractivity contribution in [1.29, 1.82) is 0 Å². The van der Waals surface area contributed by atoms with Gasteiger partial charge in [0.1, 0.15) is 11.6 Å². The van der Waals surface area contributed by atoms with E-state index in [0.29, 0.717) is 17.2 Å². The molecule has 0 saturated heterocycles. The number of ether oxygens (including phenoxy) is 1. The Morgan fingerprint density at radius 1 is 1.50 bits per heavy atom. The van der Waals surface area contributed by atoms with Gasteiger partial charge < -0.3 is 15.8 Å². The summed E-state index contributed by atoms with van der Waals surface area (Å²) in [5, 5.41) is 7.73. The third-order valence-corrected chi connectivity index (χ3v) is 4.64. The van der Waals surface area contributed by atoms with Crippen LogP contribution in [0.5, 0.6) is 5.75 Å². The van der Waals surface area contributed by atoms with Crippen LogP contribution in [0.4, 0.5) is 5.82 Å². The molecule has 2 amide bonds. The van der Waals surface area contributed by atoms with E-state index in [0.717, 1.165) is 36.3 Å². The van der Waals surface area contributed by atoms with Gasteiger partial charge in [-0.1, -0.05) is 31.0 Å². The number of nitrogens with one attached hydrogen (secondary N) is 1. The molecule has 1 aliphatic rings. The quantitative estimate of drug-likeness (QED) is 0.775. The van der Waals surface area contributed by atoms with Crippen molar-refractivity contribution in [2.24, 2.45) is 5.73 Å². The first-order valence-electron chi connectivity index (χ1n) is 8.55. The van der Waals surface area contributed by atoms with Crippen LogP contribution in [0.2, 0.25) is 5.02 Å². The van der Waals surface area contributed by atoms with Crippen molar-refractivity contribution < 1.29 is 14.3 Å². The summed E-state index contributed by atoms with van der Waals surface area (Å²) < 4.78 is 7.12. The summed E-state index contributed by atoms with van der Waals surface area (Å²) >= 11 is 6.27. The summed E-state index contributed by atoms with van der Waals surface area (Å²) in [4.78, 5) is 23.1. The van der Waals surface area contributed by atoms with Gasteiger partial charge in [0.15, 0.2) is 6.61 Å². The molecule has 0 radical (unpaired) electrons. The molecular formula is C18H21ClN4O3. The lowest BCUT2D eigenvalue weighted by atomic mass is 9.87. The Kier molecular flexibility index (Phi) is 5.46. The predicted octanol–water partition coefficient (Wildman–Crippen LogP) is 2.67. The summed E-state index contributed by atoms with van der Waals surface area (Å²) in [6.45, 7) is 2.64. The number of benzene rings is 1. The average Bonchev–Trinajstić information content (AvgIpc) is 3.00. The Morgan fingerprint density at radius 3 is 3.00 bits per heavy atom. The summed E-state index contributed by atoms with van der Waals surface area (Å²) in [7, 11) is 0. The van der Waals surface area contributed by atoms with Gasteiger partial charge >= 0.3 is 0 Å². The number of primary amides is 1. The number of aryl methyl sites for hydroxylation is 1. The van der Waals surface area contributed by atoms with E-state index >= 15 is 0 Å². The first-order chi connectivity index (χ1) is 12.5. The fourth-order valence-corrected chi connectivity index (χ4v) is 3.29. The summed E-state index contributed by atoms with van der Waals surface area (Å²) in [5.74, 6) is 0.388. The van der Waals surface area contributed by atoms with Gasteiger partial charge in [0, 0.05) is 24.4 Å². The summed E-state index contributed by atoms with van der Waals surface area (Å²) in [6.07, 6.45) is 4.17. The van der Waals surface area contributed by atoms with Gasteiger partial charge in [-0.05, 0) is 24.1 Å². The van der Waals surface area contributed by atoms with E-state index in [1.54, 1.807) is 18.3 Å². The molecule has 1 aromatic heterocycles. The first kappa shape index (κ1) is 18.3. The number of nitrogens with zero attached hydrogens (tertiary/aromatic N) is 2. The van der Waals surface area contributed by atoms with Crippen molar-refractivity contribution in [3.8, 4) is 5.75 Å². The van der Waals surface area contributed by atoms with E-state index in [4.69, 9.17) is 22.1 Å². The topological polar surface area (TPSA) is 99.2 Å². The number of carbonyl (C=O) groups excluding carboxylic acids is 2. The molecule has 26 heavy (non-hydrogen) atoms. The van der Waals surface area contributed by atoms with Crippen LogP contribution in [0.3, 0.4) is 0 Å². The van der Waals surface area contributed by atoms with Crippen LogP contribution < -0.4 is 15.8 Å². The zero-order chi connectivity index (χ0) is 18.7. The van der Waals surface area contributed by atoms with Gasteiger partial charge in [-0.3, -0.25) is 9.59 Å². The Balaban J connectivity index is 1.88. The minimum atomic E-state index is -0.571. The molecule has 7 nitrogen and oxygen atoms in total. The fraction of sp³-hybridized carbons (Fsp3) is 0.389. The van der Waals surface area contributed by atoms with Crippen molar-refractivity contribution in [3.05, 3.63) is 40.5 Å². The molecule has 1 aromatic carbocycles. The lowest BCUT2D eigenvalue weighted by Crippen LogP contribution is -2.25. The molecule has 1 atom stereocenters. The van der Waals surface area contributed by atoms with Crippen LogP contribution >= 0.6 is 11.6 Å². The number of rotatable bonds is 7. The van der Waals surface area contributed by atoms with Crippen LogP contribution in [-0.4, -0.2) is 28.2 Å². The van der Waals surface area contributed by atoms with Gasteiger partial charge in [0.25, 0.3) is 5.91 Å². The molecule has 3 N–H and O–H groups in total. The minimum absolute atomic E-state index is 0.0501. The van der Waals surface area contributed by atoms with Crippen LogP contribution in [0.15, 0.2) is 24.4 Å².